The maximum Gasteiger partial charge on any atom is 0.184 e. The molecule has 238 valence electrons. The fourth-order valence-corrected chi connectivity index (χ4v) is 7.98. The molecule has 0 radical (unpaired) electrons. The van der Waals surface area contributed by atoms with Crippen molar-refractivity contribution in [2.45, 2.75) is 107 Å². The topological polar surface area (TPSA) is 112 Å². The Morgan fingerprint density at radius 3 is 2.14 bits per heavy atom. The third kappa shape index (κ3) is 5.39. The van der Waals surface area contributed by atoms with E-state index in [4.69, 9.17) is 0 Å². The Kier molecular flexibility index (Phi) is 8.75. The molecular weight excluding hydrogens is 552 g/mol. The fraction of sp³-hybridized carbons (Fsp3) is 0.553. The summed E-state index contributed by atoms with van der Waals surface area (Å²) in [6.45, 7) is 18.4. The Hall–Kier alpha value is -3.41. The summed E-state index contributed by atoms with van der Waals surface area (Å²) in [5.41, 5.74) is 0.201. The van der Waals surface area contributed by atoms with E-state index in [1.807, 2.05) is 47.6 Å². The maximum absolute atomic E-state index is 15.2. The van der Waals surface area contributed by atoms with Crippen molar-refractivity contribution in [2.75, 3.05) is 0 Å². The van der Waals surface area contributed by atoms with Gasteiger partial charge in [0, 0.05) is 5.56 Å². The van der Waals surface area contributed by atoms with E-state index in [1.165, 1.54) is 17.7 Å². The van der Waals surface area contributed by atoms with Gasteiger partial charge in [0.15, 0.2) is 28.8 Å². The van der Waals surface area contributed by atoms with E-state index >= 15 is 9.59 Å². The molecule has 2 fully saturated rings. The van der Waals surface area contributed by atoms with Crippen molar-refractivity contribution in [3.8, 4) is 11.5 Å². The predicted molar refractivity (Wildman–Crippen MR) is 174 cm³/mol. The van der Waals surface area contributed by atoms with Gasteiger partial charge < -0.3 is 15.3 Å². The molecule has 6 nitrogen and oxygen atoms in total. The van der Waals surface area contributed by atoms with Gasteiger partial charge in [0.2, 0.25) is 0 Å². The molecule has 1 aromatic carbocycles. The molecular formula is C38H50O6. The molecule has 2 saturated carbocycles. The molecule has 0 amide bonds. The van der Waals surface area contributed by atoms with Crippen LogP contribution in [-0.4, -0.2) is 32.7 Å². The number of ketones is 3. The van der Waals surface area contributed by atoms with Crippen LogP contribution in [0.4, 0.5) is 0 Å². The second-order valence-corrected chi connectivity index (χ2v) is 15.4. The highest BCUT2D eigenvalue weighted by Crippen LogP contribution is 2.66. The number of hydrogen-bond acceptors (Lipinski definition) is 6. The van der Waals surface area contributed by atoms with Crippen LogP contribution in [0.2, 0.25) is 0 Å². The first-order valence-electron chi connectivity index (χ1n) is 15.8. The number of aliphatic hydroxyl groups is 1. The number of aromatic hydroxyl groups is 2. The number of phenolic OH excluding ortho intramolecular Hbond substituents is 2. The van der Waals surface area contributed by atoms with Crippen LogP contribution in [0.15, 0.2) is 58.2 Å². The number of hydrogen-bond donors (Lipinski definition) is 3. The molecule has 0 spiro atoms. The third-order valence-corrected chi connectivity index (χ3v) is 10.9. The highest BCUT2D eigenvalue weighted by atomic mass is 16.3. The van der Waals surface area contributed by atoms with Crippen LogP contribution in [0, 0.1) is 27.6 Å². The summed E-state index contributed by atoms with van der Waals surface area (Å²) in [7, 11) is 0. The lowest BCUT2D eigenvalue weighted by molar-refractivity contribution is -0.176. The summed E-state index contributed by atoms with van der Waals surface area (Å²) in [4.78, 5) is 45.0. The van der Waals surface area contributed by atoms with Crippen LogP contribution < -0.4 is 0 Å². The van der Waals surface area contributed by atoms with Gasteiger partial charge in [-0.25, -0.2) is 0 Å². The Balaban J connectivity index is 2.08. The highest BCUT2D eigenvalue weighted by molar-refractivity contribution is 6.41. The van der Waals surface area contributed by atoms with Crippen LogP contribution in [-0.2, 0) is 14.4 Å². The lowest BCUT2D eigenvalue weighted by Gasteiger charge is -2.61. The fourth-order valence-electron chi connectivity index (χ4n) is 7.98. The molecule has 0 unspecified atom stereocenters. The molecule has 3 aliphatic carbocycles. The van der Waals surface area contributed by atoms with Gasteiger partial charge in [0.25, 0.3) is 0 Å². The average Bonchev–Trinajstić information content (AvgIpc) is 2.91. The minimum absolute atomic E-state index is 0.0330. The largest absolute Gasteiger partial charge is 0.506 e. The predicted octanol–water partition coefficient (Wildman–Crippen LogP) is 8.74. The molecule has 0 aliphatic heterocycles. The monoisotopic (exact) mass is 602 g/mol. The van der Waals surface area contributed by atoms with Gasteiger partial charge in [0.1, 0.15) is 16.7 Å². The zero-order valence-corrected chi connectivity index (χ0v) is 28.0. The Labute approximate surface area is 262 Å². The van der Waals surface area contributed by atoms with Gasteiger partial charge in [-0.05, 0) is 115 Å². The molecule has 44 heavy (non-hydrogen) atoms. The van der Waals surface area contributed by atoms with E-state index in [2.05, 4.69) is 26.8 Å². The smallest absolute Gasteiger partial charge is 0.184 e. The average molecular weight is 603 g/mol. The lowest BCUT2D eigenvalue weighted by atomic mass is 9.38. The minimum atomic E-state index is -1.57. The van der Waals surface area contributed by atoms with Crippen molar-refractivity contribution in [2.24, 2.45) is 27.6 Å². The molecule has 2 bridgehead atoms. The third-order valence-electron chi connectivity index (χ3n) is 10.9. The van der Waals surface area contributed by atoms with Gasteiger partial charge in [-0.2, -0.15) is 0 Å². The molecule has 3 aliphatic rings. The quantitative estimate of drug-likeness (QED) is 0.0718. The zero-order chi connectivity index (χ0) is 33.0. The van der Waals surface area contributed by atoms with Crippen LogP contribution in [0.5, 0.6) is 11.5 Å². The van der Waals surface area contributed by atoms with Crippen LogP contribution >= 0.6 is 0 Å². The summed E-state index contributed by atoms with van der Waals surface area (Å²) in [6, 6.07) is 3.70. The van der Waals surface area contributed by atoms with Crippen molar-refractivity contribution in [1.82, 2.24) is 0 Å². The molecule has 3 atom stereocenters. The van der Waals surface area contributed by atoms with Crippen LogP contribution in [0.1, 0.15) is 113 Å². The SMILES string of the molecule is CC(C)=CC[C@H]1C[C@@]2(CC=C(C)C)C(=O)/C(=C(\O)c3ccc(O)c(O)c3)C(=O)[C@](CC3=C(C)CC(C)(C)CC3)(C2=O)C1(C)C. The highest BCUT2D eigenvalue weighted by Gasteiger charge is 2.74. The molecule has 0 heterocycles. The summed E-state index contributed by atoms with van der Waals surface area (Å²) < 4.78 is 0. The van der Waals surface area contributed by atoms with Gasteiger partial charge in [0.05, 0.1) is 5.41 Å². The van der Waals surface area contributed by atoms with Crippen molar-refractivity contribution >= 4 is 23.1 Å². The van der Waals surface area contributed by atoms with Gasteiger partial charge in [-0.3, -0.25) is 14.4 Å². The van der Waals surface area contributed by atoms with Crippen molar-refractivity contribution in [3.63, 3.8) is 0 Å². The molecule has 0 aromatic heterocycles. The van der Waals surface area contributed by atoms with Crippen molar-refractivity contribution < 1.29 is 29.7 Å². The number of phenols is 2. The summed E-state index contributed by atoms with van der Waals surface area (Å²) in [5, 5.41) is 31.8. The number of Topliss-reactive ketones (excluding diaryl/α,β-unsaturated/α-hetero) is 3. The minimum Gasteiger partial charge on any atom is -0.506 e. The lowest BCUT2D eigenvalue weighted by Crippen LogP contribution is -2.69. The Bertz CT molecular complexity index is 1520. The van der Waals surface area contributed by atoms with E-state index in [0.717, 1.165) is 42.0 Å². The first-order valence-corrected chi connectivity index (χ1v) is 15.8. The summed E-state index contributed by atoms with van der Waals surface area (Å²) in [5.74, 6) is -3.20. The number of aliphatic hydroxyl groups excluding tert-OH is 1. The van der Waals surface area contributed by atoms with Gasteiger partial charge in [-0.15, -0.1) is 0 Å². The maximum atomic E-state index is 15.2. The van der Waals surface area contributed by atoms with Crippen LogP contribution in [0.25, 0.3) is 5.76 Å². The standard InChI is InChI=1S/C38H50O6/c1-22(2)10-12-27-21-37(17-14-23(3)4)32(42)30(31(41)25-11-13-28(39)29(40)18-25)33(43)38(34(37)44,36(27,8)9)20-26-15-16-35(6,7)19-24(26)5/h10-11,13-14,18,27,39-41H,12,15-17,19-21H2,1-9H3/b31-30+/t27-,37-,38+/m0/s1. The number of fused-ring (bicyclic) bond motifs is 2. The zero-order valence-electron chi connectivity index (χ0n) is 28.0. The van der Waals surface area contributed by atoms with Gasteiger partial charge in [-0.1, -0.05) is 62.1 Å². The molecule has 4 rings (SSSR count). The van der Waals surface area contributed by atoms with E-state index in [1.54, 1.807) is 0 Å². The number of benzene rings is 1. The molecule has 0 saturated heterocycles. The van der Waals surface area contributed by atoms with Crippen molar-refractivity contribution in [1.29, 1.82) is 0 Å². The number of carbonyl (C=O) groups excluding carboxylic acids is 3. The molecule has 6 heteroatoms. The Morgan fingerprint density at radius 1 is 0.932 bits per heavy atom. The number of rotatable bonds is 7. The van der Waals surface area contributed by atoms with Gasteiger partial charge >= 0.3 is 0 Å². The number of carbonyl (C=O) groups is 3. The first-order chi connectivity index (χ1) is 20.3. The van der Waals surface area contributed by atoms with E-state index in [0.29, 0.717) is 6.42 Å². The molecule has 3 N–H and O–H groups in total. The van der Waals surface area contributed by atoms with E-state index in [-0.39, 0.29) is 53.3 Å². The van der Waals surface area contributed by atoms with Crippen LogP contribution in [0.3, 0.4) is 0 Å². The number of allylic oxidation sites excluding steroid dienone is 7. The molecule has 1 aromatic rings. The summed E-state index contributed by atoms with van der Waals surface area (Å²) >= 11 is 0. The second-order valence-electron chi connectivity index (χ2n) is 15.4. The Morgan fingerprint density at radius 2 is 1.57 bits per heavy atom. The summed E-state index contributed by atoms with van der Waals surface area (Å²) in [6.07, 6.45) is 7.86. The normalized spacial score (nSPS) is 28.9. The second kappa shape index (κ2) is 11.5. The van der Waals surface area contributed by atoms with Crippen molar-refractivity contribution in [3.05, 3.63) is 63.8 Å². The van der Waals surface area contributed by atoms with E-state index < -0.39 is 39.3 Å². The first kappa shape index (κ1) is 33.5. The van der Waals surface area contributed by atoms with E-state index in [9.17, 15) is 20.1 Å².